The third kappa shape index (κ3) is 2.66. The standard InChI is InChI=1S/C15H19NO.ClH/c1-15(2,10-17)14(16)13-9-5-7-11-6-3-4-8-12(11)13;/h3-9,14,17H,10,16H2,1-2H3;1H/t14-;/m0./s1. The average molecular weight is 266 g/mol. The monoisotopic (exact) mass is 265 g/mol. The fourth-order valence-electron chi connectivity index (χ4n) is 2.04. The number of nitrogens with two attached hydrogens (primary N) is 1. The van der Waals surface area contributed by atoms with E-state index in [1.807, 2.05) is 38.1 Å². The highest BCUT2D eigenvalue weighted by Crippen LogP contribution is 2.34. The molecule has 3 heteroatoms. The van der Waals surface area contributed by atoms with Gasteiger partial charge in [0.05, 0.1) is 0 Å². The van der Waals surface area contributed by atoms with Gasteiger partial charge >= 0.3 is 0 Å². The van der Waals surface area contributed by atoms with Gasteiger partial charge in [0, 0.05) is 18.1 Å². The number of hydrogen-bond acceptors (Lipinski definition) is 2. The van der Waals surface area contributed by atoms with Crippen molar-refractivity contribution in [3.05, 3.63) is 48.0 Å². The molecule has 2 nitrogen and oxygen atoms in total. The molecule has 0 radical (unpaired) electrons. The normalized spacial score (nSPS) is 13.1. The highest BCUT2D eigenvalue weighted by atomic mass is 35.5. The Labute approximate surface area is 114 Å². The molecule has 0 saturated carbocycles. The second kappa shape index (κ2) is 5.70. The van der Waals surface area contributed by atoms with Gasteiger partial charge in [0.15, 0.2) is 0 Å². The van der Waals surface area contributed by atoms with E-state index >= 15 is 0 Å². The zero-order valence-electron chi connectivity index (χ0n) is 10.8. The number of aliphatic hydroxyl groups excluding tert-OH is 1. The summed E-state index contributed by atoms with van der Waals surface area (Å²) in [5.41, 5.74) is 7.07. The topological polar surface area (TPSA) is 46.2 Å². The van der Waals surface area contributed by atoms with E-state index in [-0.39, 0.29) is 30.5 Å². The second-order valence-corrected chi connectivity index (χ2v) is 5.19. The number of hydrogen-bond donors (Lipinski definition) is 2. The minimum Gasteiger partial charge on any atom is -0.396 e. The highest BCUT2D eigenvalue weighted by Gasteiger charge is 2.27. The highest BCUT2D eigenvalue weighted by molar-refractivity contribution is 5.86. The fraction of sp³-hybridized carbons (Fsp3) is 0.333. The molecule has 0 fully saturated rings. The van der Waals surface area contributed by atoms with Crippen molar-refractivity contribution in [2.75, 3.05) is 6.61 Å². The molecule has 0 saturated heterocycles. The number of aliphatic hydroxyl groups is 1. The molecule has 0 aliphatic heterocycles. The lowest BCUT2D eigenvalue weighted by atomic mass is 9.80. The Morgan fingerprint density at radius 3 is 2.39 bits per heavy atom. The maximum atomic E-state index is 9.42. The van der Waals surface area contributed by atoms with E-state index in [0.29, 0.717) is 0 Å². The molecule has 0 unspecified atom stereocenters. The predicted molar refractivity (Wildman–Crippen MR) is 79.0 cm³/mol. The minimum absolute atomic E-state index is 0. The molecule has 18 heavy (non-hydrogen) atoms. The van der Waals surface area contributed by atoms with Crippen molar-refractivity contribution in [1.29, 1.82) is 0 Å². The summed E-state index contributed by atoms with van der Waals surface area (Å²) >= 11 is 0. The van der Waals surface area contributed by atoms with Crippen LogP contribution >= 0.6 is 12.4 Å². The number of benzene rings is 2. The van der Waals surface area contributed by atoms with Crippen LogP contribution in [-0.4, -0.2) is 11.7 Å². The van der Waals surface area contributed by atoms with Gasteiger partial charge < -0.3 is 10.8 Å². The van der Waals surface area contributed by atoms with Crippen molar-refractivity contribution in [2.24, 2.45) is 11.1 Å². The third-order valence-electron chi connectivity index (χ3n) is 3.41. The maximum absolute atomic E-state index is 9.42. The van der Waals surface area contributed by atoms with E-state index < -0.39 is 0 Å². The van der Waals surface area contributed by atoms with E-state index in [4.69, 9.17) is 5.73 Å². The first-order valence-corrected chi connectivity index (χ1v) is 5.90. The van der Waals surface area contributed by atoms with E-state index in [1.165, 1.54) is 10.8 Å². The van der Waals surface area contributed by atoms with Crippen LogP contribution in [0.15, 0.2) is 42.5 Å². The van der Waals surface area contributed by atoms with Crippen LogP contribution in [0.2, 0.25) is 0 Å². The van der Waals surface area contributed by atoms with Crippen LogP contribution in [0.4, 0.5) is 0 Å². The Kier molecular flexibility index (Phi) is 4.74. The zero-order valence-corrected chi connectivity index (χ0v) is 11.6. The van der Waals surface area contributed by atoms with Gasteiger partial charge in [-0.15, -0.1) is 12.4 Å². The quantitative estimate of drug-likeness (QED) is 0.895. The molecule has 0 aromatic heterocycles. The molecule has 0 heterocycles. The molecule has 3 N–H and O–H groups in total. The van der Waals surface area contributed by atoms with Gasteiger partial charge in [-0.2, -0.15) is 0 Å². The molecule has 0 amide bonds. The van der Waals surface area contributed by atoms with Crippen LogP contribution in [0.5, 0.6) is 0 Å². The largest absolute Gasteiger partial charge is 0.396 e. The summed E-state index contributed by atoms with van der Waals surface area (Å²) in [7, 11) is 0. The van der Waals surface area contributed by atoms with Gasteiger partial charge in [0.1, 0.15) is 0 Å². The van der Waals surface area contributed by atoms with E-state index in [1.54, 1.807) is 0 Å². The summed E-state index contributed by atoms with van der Waals surface area (Å²) in [5, 5.41) is 11.8. The van der Waals surface area contributed by atoms with Gasteiger partial charge in [0.2, 0.25) is 0 Å². The Morgan fingerprint density at radius 1 is 1.11 bits per heavy atom. The molecular weight excluding hydrogens is 246 g/mol. The van der Waals surface area contributed by atoms with Gasteiger partial charge in [-0.25, -0.2) is 0 Å². The van der Waals surface area contributed by atoms with Crippen LogP contribution in [0.1, 0.15) is 25.5 Å². The van der Waals surface area contributed by atoms with Crippen LogP contribution < -0.4 is 5.73 Å². The molecule has 2 rings (SSSR count). The van der Waals surface area contributed by atoms with Crippen molar-refractivity contribution in [1.82, 2.24) is 0 Å². The van der Waals surface area contributed by atoms with Gasteiger partial charge in [-0.3, -0.25) is 0 Å². The third-order valence-corrected chi connectivity index (χ3v) is 3.41. The van der Waals surface area contributed by atoms with Gasteiger partial charge in [-0.1, -0.05) is 56.3 Å². The summed E-state index contributed by atoms with van der Waals surface area (Å²) in [4.78, 5) is 0. The smallest absolute Gasteiger partial charge is 0.0500 e. The van der Waals surface area contributed by atoms with Crippen molar-refractivity contribution in [3.63, 3.8) is 0 Å². The summed E-state index contributed by atoms with van der Waals surface area (Å²) in [6, 6.07) is 14.2. The first-order valence-electron chi connectivity index (χ1n) is 5.90. The van der Waals surface area contributed by atoms with Gasteiger partial charge in [-0.05, 0) is 16.3 Å². The first kappa shape index (κ1) is 15.0. The lowest BCUT2D eigenvalue weighted by Crippen LogP contribution is -2.32. The molecule has 2 aromatic rings. The van der Waals surface area contributed by atoms with Crippen molar-refractivity contribution < 1.29 is 5.11 Å². The zero-order chi connectivity index (χ0) is 12.5. The van der Waals surface area contributed by atoms with Crippen molar-refractivity contribution in [3.8, 4) is 0 Å². The summed E-state index contributed by atoms with van der Waals surface area (Å²) in [6.45, 7) is 4.05. The van der Waals surface area contributed by atoms with Crippen LogP contribution in [0.3, 0.4) is 0 Å². The molecule has 0 aliphatic carbocycles. The predicted octanol–water partition coefficient (Wildman–Crippen LogP) is 3.28. The van der Waals surface area contributed by atoms with Crippen molar-refractivity contribution >= 4 is 23.2 Å². The Hall–Kier alpha value is -1.09. The molecule has 1 atom stereocenters. The summed E-state index contributed by atoms with van der Waals surface area (Å²) in [5.74, 6) is 0. The number of fused-ring (bicyclic) bond motifs is 1. The molecule has 0 bridgehead atoms. The van der Waals surface area contributed by atoms with E-state index in [0.717, 1.165) is 5.56 Å². The van der Waals surface area contributed by atoms with Crippen LogP contribution in [0, 0.1) is 5.41 Å². The Bertz CT molecular complexity index is 519. The Balaban J connectivity index is 0.00000162. The lowest BCUT2D eigenvalue weighted by Gasteiger charge is -2.30. The fourth-order valence-corrected chi connectivity index (χ4v) is 2.04. The number of halogens is 1. The molecule has 98 valence electrons. The maximum Gasteiger partial charge on any atom is 0.0500 e. The van der Waals surface area contributed by atoms with Crippen LogP contribution in [0.25, 0.3) is 10.8 Å². The van der Waals surface area contributed by atoms with E-state index in [2.05, 4.69) is 18.2 Å². The molecule has 0 spiro atoms. The summed E-state index contributed by atoms with van der Waals surface area (Å²) in [6.07, 6.45) is 0. The minimum atomic E-state index is -0.315. The first-order chi connectivity index (χ1) is 8.06. The molecule has 2 aromatic carbocycles. The van der Waals surface area contributed by atoms with Crippen molar-refractivity contribution in [2.45, 2.75) is 19.9 Å². The molecule has 0 aliphatic rings. The Morgan fingerprint density at radius 2 is 1.72 bits per heavy atom. The van der Waals surface area contributed by atoms with Gasteiger partial charge in [0.25, 0.3) is 0 Å². The average Bonchev–Trinajstić information content (AvgIpc) is 2.37. The molecular formula is C15H20ClNO. The summed E-state index contributed by atoms with van der Waals surface area (Å²) < 4.78 is 0. The SMILES string of the molecule is CC(C)(CO)[C@@H](N)c1cccc2ccccc12.Cl. The van der Waals surface area contributed by atoms with Crippen LogP contribution in [-0.2, 0) is 0 Å². The number of rotatable bonds is 3. The lowest BCUT2D eigenvalue weighted by molar-refractivity contribution is 0.133. The van der Waals surface area contributed by atoms with E-state index in [9.17, 15) is 5.11 Å². The second-order valence-electron chi connectivity index (χ2n) is 5.19.